The molecule has 0 spiro atoms. The molecule has 0 aliphatic heterocycles. The van der Waals surface area contributed by atoms with Crippen molar-refractivity contribution in [2.75, 3.05) is 5.75 Å². The Morgan fingerprint density at radius 1 is 0.714 bits per heavy atom. The minimum atomic E-state index is -2.65. The average Bonchev–Trinajstić information content (AvgIpc) is 2.86. The predicted octanol–water partition coefficient (Wildman–Crippen LogP) is 10.2. The van der Waals surface area contributed by atoms with Gasteiger partial charge in [0.1, 0.15) is 11.5 Å². The minimum absolute atomic E-state index is 0.544. The molecule has 3 aromatic carbocycles. The van der Waals surface area contributed by atoms with Crippen molar-refractivity contribution in [2.45, 2.75) is 71.6 Å². The third kappa shape index (κ3) is 9.01. The standard InChI is InChI=1S/C30H39O2PS2/c1-5-10-24(3)27-14-18-29(19-15-27)31-33(34,35-23-22-26-12-8-7-9-13-26)32-30-20-16-28(17-21-30)25(4)11-6-2/h7-9,12-21,24-25H,5-6,10-11,22-23H2,1-4H3. The highest BCUT2D eigenvalue weighted by molar-refractivity contribution is 8.68. The van der Waals surface area contributed by atoms with Gasteiger partial charge in [0.05, 0.1) is 0 Å². The minimum Gasteiger partial charge on any atom is -0.428 e. The lowest BCUT2D eigenvalue weighted by molar-refractivity contribution is 0.505. The summed E-state index contributed by atoms with van der Waals surface area (Å²) in [5.41, 5.74) is 1.31. The second-order valence-electron chi connectivity index (χ2n) is 9.22. The van der Waals surface area contributed by atoms with E-state index in [4.69, 9.17) is 20.9 Å². The van der Waals surface area contributed by atoms with Crippen molar-refractivity contribution < 1.29 is 9.05 Å². The van der Waals surface area contributed by atoms with Crippen LogP contribution in [0.15, 0.2) is 78.9 Å². The Hall–Kier alpha value is -1.74. The molecule has 3 aromatic rings. The van der Waals surface area contributed by atoms with Gasteiger partial charge in [-0.25, -0.2) is 0 Å². The van der Waals surface area contributed by atoms with E-state index in [1.807, 2.05) is 30.3 Å². The summed E-state index contributed by atoms with van der Waals surface area (Å²) in [6.45, 7) is 9.00. The molecule has 0 saturated heterocycles. The summed E-state index contributed by atoms with van der Waals surface area (Å²) in [5, 5.41) is 0. The van der Waals surface area contributed by atoms with E-state index in [0.29, 0.717) is 11.8 Å². The van der Waals surface area contributed by atoms with Gasteiger partial charge in [0.25, 0.3) is 0 Å². The van der Waals surface area contributed by atoms with Crippen molar-refractivity contribution in [1.29, 1.82) is 0 Å². The zero-order valence-corrected chi connectivity index (χ0v) is 24.0. The molecule has 0 fully saturated rings. The number of benzene rings is 3. The maximum atomic E-state index is 6.42. The number of hydrogen-bond donors (Lipinski definition) is 0. The normalized spacial score (nSPS) is 14.6. The molecule has 0 bridgehead atoms. The van der Waals surface area contributed by atoms with Crippen molar-refractivity contribution in [2.24, 2.45) is 0 Å². The molecule has 0 radical (unpaired) electrons. The molecule has 0 N–H and O–H groups in total. The molecule has 0 heterocycles. The van der Waals surface area contributed by atoms with Gasteiger partial charge in [0.15, 0.2) is 0 Å². The van der Waals surface area contributed by atoms with Gasteiger partial charge in [-0.05, 0) is 95.2 Å². The van der Waals surface area contributed by atoms with E-state index in [1.54, 1.807) is 11.4 Å². The van der Waals surface area contributed by atoms with Crippen molar-refractivity contribution in [3.05, 3.63) is 95.6 Å². The predicted molar refractivity (Wildman–Crippen MR) is 158 cm³/mol. The van der Waals surface area contributed by atoms with E-state index in [2.05, 4.69) is 76.2 Å². The van der Waals surface area contributed by atoms with Gasteiger partial charge < -0.3 is 9.05 Å². The Kier molecular flexibility index (Phi) is 11.2. The van der Waals surface area contributed by atoms with Gasteiger partial charge in [-0.2, -0.15) is 0 Å². The van der Waals surface area contributed by atoms with Gasteiger partial charge in [-0.15, -0.1) is 0 Å². The molecule has 188 valence electrons. The van der Waals surface area contributed by atoms with Crippen molar-refractivity contribution in [1.82, 2.24) is 0 Å². The molecule has 0 saturated carbocycles. The summed E-state index contributed by atoms with van der Waals surface area (Å²) < 4.78 is 12.8. The Balaban J connectivity index is 1.73. The monoisotopic (exact) mass is 526 g/mol. The maximum absolute atomic E-state index is 6.42. The molecular weight excluding hydrogens is 487 g/mol. The topological polar surface area (TPSA) is 18.5 Å². The summed E-state index contributed by atoms with van der Waals surface area (Å²) in [4.78, 5) is 0. The zero-order valence-electron chi connectivity index (χ0n) is 21.5. The smallest absolute Gasteiger partial charge is 0.348 e. The lowest BCUT2D eigenvalue weighted by atomic mass is 9.97. The molecule has 35 heavy (non-hydrogen) atoms. The highest BCUT2D eigenvalue weighted by Gasteiger charge is 2.24. The zero-order chi connectivity index (χ0) is 25.1. The van der Waals surface area contributed by atoms with Gasteiger partial charge in [0, 0.05) is 5.75 Å². The maximum Gasteiger partial charge on any atom is 0.348 e. The van der Waals surface area contributed by atoms with Crippen molar-refractivity contribution in [3.8, 4) is 11.5 Å². The number of hydrogen-bond acceptors (Lipinski definition) is 4. The van der Waals surface area contributed by atoms with E-state index >= 15 is 0 Å². The highest BCUT2D eigenvalue weighted by atomic mass is 32.9. The quantitative estimate of drug-likeness (QED) is 0.194. The molecule has 0 aliphatic rings. The van der Waals surface area contributed by atoms with Crippen LogP contribution in [0.3, 0.4) is 0 Å². The van der Waals surface area contributed by atoms with Crippen molar-refractivity contribution >= 4 is 28.9 Å². The fourth-order valence-corrected chi connectivity index (χ4v) is 8.58. The first-order chi connectivity index (χ1) is 16.9. The third-order valence-corrected chi connectivity index (χ3v) is 11.2. The first-order valence-electron chi connectivity index (χ1n) is 12.8. The second kappa shape index (κ2) is 14.1. The van der Waals surface area contributed by atoms with Crippen LogP contribution in [0.4, 0.5) is 0 Å². The first kappa shape index (κ1) is 27.8. The fraction of sp³-hybridized carbons (Fsp3) is 0.400. The molecular formula is C30H39O2PS2. The van der Waals surface area contributed by atoms with Gasteiger partial charge in [0.2, 0.25) is 0 Å². The molecule has 0 amide bonds. The lowest BCUT2D eigenvalue weighted by Gasteiger charge is -2.23. The lowest BCUT2D eigenvalue weighted by Crippen LogP contribution is -2.01. The summed E-state index contributed by atoms with van der Waals surface area (Å²) in [5.74, 6) is 3.49. The van der Waals surface area contributed by atoms with Gasteiger partial charge in [-0.1, -0.05) is 95.1 Å². The first-order valence-corrected chi connectivity index (χ1v) is 17.0. The molecule has 0 aromatic heterocycles. The Bertz CT molecular complexity index is 990. The van der Waals surface area contributed by atoms with E-state index in [1.165, 1.54) is 42.4 Å². The van der Waals surface area contributed by atoms with Gasteiger partial charge in [-0.3, -0.25) is 0 Å². The molecule has 2 atom stereocenters. The van der Waals surface area contributed by atoms with E-state index in [9.17, 15) is 0 Å². The second-order valence-corrected chi connectivity index (χ2v) is 15.5. The summed E-state index contributed by atoms with van der Waals surface area (Å²) in [7, 11) is 0. The van der Waals surface area contributed by atoms with Gasteiger partial charge >= 0.3 is 5.69 Å². The van der Waals surface area contributed by atoms with Crippen LogP contribution < -0.4 is 9.05 Å². The van der Waals surface area contributed by atoms with Crippen LogP contribution in [0.5, 0.6) is 11.5 Å². The van der Waals surface area contributed by atoms with Crippen LogP contribution in [-0.4, -0.2) is 5.75 Å². The molecule has 2 nitrogen and oxygen atoms in total. The fourth-order valence-electron chi connectivity index (χ4n) is 4.16. The molecule has 0 aliphatic carbocycles. The van der Waals surface area contributed by atoms with Crippen LogP contribution in [0.2, 0.25) is 0 Å². The average molecular weight is 527 g/mol. The Morgan fingerprint density at radius 3 is 1.60 bits per heavy atom. The largest absolute Gasteiger partial charge is 0.428 e. The van der Waals surface area contributed by atoms with Crippen LogP contribution in [-0.2, 0) is 18.2 Å². The van der Waals surface area contributed by atoms with Crippen LogP contribution in [0.1, 0.15) is 81.9 Å². The summed E-state index contributed by atoms with van der Waals surface area (Å²) in [6.07, 6.45) is 5.66. The summed E-state index contributed by atoms with van der Waals surface area (Å²) >= 11 is 7.69. The Labute approximate surface area is 221 Å². The van der Waals surface area contributed by atoms with Crippen LogP contribution >= 0.6 is 17.1 Å². The van der Waals surface area contributed by atoms with Crippen molar-refractivity contribution in [3.63, 3.8) is 0 Å². The number of rotatable bonds is 14. The van der Waals surface area contributed by atoms with Crippen LogP contribution in [0.25, 0.3) is 0 Å². The SMILES string of the molecule is CCCC(C)c1ccc(OP(=S)(Oc2ccc(C(C)CCC)cc2)SCCc2ccccc2)cc1. The van der Waals surface area contributed by atoms with E-state index in [0.717, 1.165) is 23.7 Å². The third-order valence-electron chi connectivity index (χ3n) is 6.26. The summed E-state index contributed by atoms with van der Waals surface area (Å²) in [6, 6.07) is 27.3. The molecule has 5 heteroatoms. The molecule has 3 rings (SSSR count). The number of aryl methyl sites for hydroxylation is 1. The van der Waals surface area contributed by atoms with E-state index in [-0.39, 0.29) is 0 Å². The van der Waals surface area contributed by atoms with E-state index < -0.39 is 5.69 Å². The highest BCUT2D eigenvalue weighted by Crippen LogP contribution is 2.60. The molecule has 2 unspecified atom stereocenters. The van der Waals surface area contributed by atoms with Crippen LogP contribution in [0, 0.1) is 0 Å². The Morgan fingerprint density at radius 2 is 1.17 bits per heavy atom.